The number of ether oxygens (including phenoxy) is 3. The van der Waals surface area contributed by atoms with Crippen LogP contribution in [0.1, 0.15) is 79.1 Å². The molecular weight excluding hydrogens is 412 g/mol. The Morgan fingerprint density at radius 3 is 2.31 bits per heavy atom. The van der Waals surface area contributed by atoms with Crippen molar-refractivity contribution in [2.75, 3.05) is 6.61 Å². The fourth-order valence-electron chi connectivity index (χ4n) is 8.00. The number of hydrogen-bond donors (Lipinski definition) is 0. The molecule has 0 radical (unpaired) electrons. The molecule has 0 bridgehead atoms. The summed E-state index contributed by atoms with van der Waals surface area (Å²) in [6.45, 7) is 6.93. The van der Waals surface area contributed by atoms with Gasteiger partial charge in [0.15, 0.2) is 0 Å². The van der Waals surface area contributed by atoms with E-state index in [0.29, 0.717) is 31.8 Å². The molecule has 7 heteroatoms. The number of fused-ring (bicyclic) bond motifs is 5. The molecular formula is C25H36O7. The Bertz CT molecular complexity index is 806. The lowest BCUT2D eigenvalue weighted by Gasteiger charge is -2.61. The highest BCUT2D eigenvalue weighted by molar-refractivity contribution is 5.80. The molecule has 0 aromatic carbocycles. The highest BCUT2D eigenvalue weighted by Crippen LogP contribution is 2.66. The maximum atomic E-state index is 12.3. The number of ketones is 1. The predicted molar refractivity (Wildman–Crippen MR) is 114 cm³/mol. The van der Waals surface area contributed by atoms with Crippen molar-refractivity contribution in [2.45, 2.75) is 91.3 Å². The maximum absolute atomic E-state index is 12.3. The fourth-order valence-corrected chi connectivity index (χ4v) is 8.00. The van der Waals surface area contributed by atoms with E-state index in [1.54, 1.807) is 0 Å². The summed E-state index contributed by atoms with van der Waals surface area (Å²) in [6, 6.07) is 0. The molecule has 0 aromatic heterocycles. The van der Waals surface area contributed by atoms with Crippen LogP contribution >= 0.6 is 0 Å². The minimum absolute atomic E-state index is 0.0561. The van der Waals surface area contributed by atoms with Crippen LogP contribution in [0.2, 0.25) is 0 Å². The zero-order valence-electron chi connectivity index (χ0n) is 19.7. The molecule has 0 spiro atoms. The summed E-state index contributed by atoms with van der Waals surface area (Å²) in [5, 5.41) is 0. The van der Waals surface area contributed by atoms with Crippen molar-refractivity contribution >= 4 is 23.7 Å². The zero-order valence-corrected chi connectivity index (χ0v) is 19.7. The Kier molecular flexibility index (Phi) is 6.14. The highest BCUT2D eigenvalue weighted by atomic mass is 16.5. The standard InChI is InChI=1S/C25H36O7/c1-14(26)30-13-25-8-6-20-19(21(25)10-18(12-25)31-15(2)27)11-23(32-16(3)28)22-9-17(29)5-7-24(20,22)4/h18-23H,5-13H2,1-4H3/t18-,19+,20-,21-,22+,23+,24+,25+/m0/s1. The minimum Gasteiger partial charge on any atom is -0.465 e. The van der Waals surface area contributed by atoms with Gasteiger partial charge in [-0.15, -0.1) is 0 Å². The van der Waals surface area contributed by atoms with Crippen LogP contribution in [0.4, 0.5) is 0 Å². The average molecular weight is 449 g/mol. The second-order valence-electron chi connectivity index (χ2n) is 11.0. The van der Waals surface area contributed by atoms with Crippen molar-refractivity contribution in [3.05, 3.63) is 0 Å². The third-order valence-electron chi connectivity index (χ3n) is 9.17. The Morgan fingerprint density at radius 1 is 0.938 bits per heavy atom. The molecule has 0 N–H and O–H groups in total. The summed E-state index contributed by atoms with van der Waals surface area (Å²) in [5.74, 6) is 0.345. The molecule has 0 heterocycles. The van der Waals surface area contributed by atoms with E-state index in [1.807, 2.05) is 0 Å². The van der Waals surface area contributed by atoms with E-state index >= 15 is 0 Å². The van der Waals surface area contributed by atoms with Gasteiger partial charge in [0.2, 0.25) is 0 Å². The first-order valence-electron chi connectivity index (χ1n) is 12.0. The van der Waals surface area contributed by atoms with Gasteiger partial charge in [-0.2, -0.15) is 0 Å². The topological polar surface area (TPSA) is 96.0 Å². The quantitative estimate of drug-likeness (QED) is 0.479. The van der Waals surface area contributed by atoms with Gasteiger partial charge in [-0.05, 0) is 61.7 Å². The fraction of sp³-hybridized carbons (Fsp3) is 0.840. The number of esters is 3. The van der Waals surface area contributed by atoms with Crippen LogP contribution in [0, 0.1) is 34.5 Å². The number of carbonyl (C=O) groups excluding carboxylic acids is 4. The van der Waals surface area contributed by atoms with Gasteiger partial charge in [0.25, 0.3) is 0 Å². The van der Waals surface area contributed by atoms with E-state index < -0.39 is 0 Å². The molecule has 0 saturated heterocycles. The lowest BCUT2D eigenvalue weighted by Crippen LogP contribution is -2.58. The Morgan fingerprint density at radius 2 is 1.66 bits per heavy atom. The van der Waals surface area contributed by atoms with E-state index in [4.69, 9.17) is 14.2 Å². The first-order chi connectivity index (χ1) is 15.0. The average Bonchev–Trinajstić information content (AvgIpc) is 3.05. The summed E-state index contributed by atoms with van der Waals surface area (Å²) in [7, 11) is 0. The van der Waals surface area contributed by atoms with Crippen LogP contribution in [0.25, 0.3) is 0 Å². The molecule has 7 nitrogen and oxygen atoms in total. The van der Waals surface area contributed by atoms with Gasteiger partial charge < -0.3 is 14.2 Å². The van der Waals surface area contributed by atoms with E-state index in [0.717, 1.165) is 32.1 Å². The summed E-state index contributed by atoms with van der Waals surface area (Å²) >= 11 is 0. The summed E-state index contributed by atoms with van der Waals surface area (Å²) in [4.78, 5) is 47.7. The zero-order chi connectivity index (χ0) is 23.3. The monoisotopic (exact) mass is 448 g/mol. The van der Waals surface area contributed by atoms with Crippen molar-refractivity contribution in [3.63, 3.8) is 0 Å². The number of Topliss-reactive ketones (excluding diaryl/α,β-unsaturated/α-hetero) is 1. The number of hydrogen-bond acceptors (Lipinski definition) is 7. The molecule has 8 atom stereocenters. The van der Waals surface area contributed by atoms with Gasteiger partial charge in [-0.1, -0.05) is 6.92 Å². The molecule has 4 rings (SSSR count). The van der Waals surface area contributed by atoms with Crippen molar-refractivity contribution in [1.82, 2.24) is 0 Å². The van der Waals surface area contributed by atoms with Crippen LogP contribution in [-0.4, -0.2) is 42.5 Å². The molecule has 4 fully saturated rings. The molecule has 0 aromatic rings. The van der Waals surface area contributed by atoms with Crippen LogP contribution in [0.15, 0.2) is 0 Å². The lowest BCUT2D eigenvalue weighted by molar-refractivity contribution is -0.189. The Balaban J connectivity index is 1.67. The number of rotatable bonds is 4. The van der Waals surface area contributed by atoms with E-state index in [2.05, 4.69) is 6.92 Å². The Hall–Kier alpha value is -1.92. The van der Waals surface area contributed by atoms with Gasteiger partial charge in [0.05, 0.1) is 6.61 Å². The van der Waals surface area contributed by atoms with E-state index in [9.17, 15) is 19.2 Å². The molecule has 32 heavy (non-hydrogen) atoms. The van der Waals surface area contributed by atoms with Crippen LogP contribution in [0.5, 0.6) is 0 Å². The van der Waals surface area contributed by atoms with Gasteiger partial charge in [0, 0.05) is 44.9 Å². The Labute approximate surface area is 189 Å². The van der Waals surface area contributed by atoms with Crippen molar-refractivity contribution in [1.29, 1.82) is 0 Å². The minimum atomic E-state index is -0.306. The highest BCUT2D eigenvalue weighted by Gasteiger charge is 2.64. The van der Waals surface area contributed by atoms with Crippen molar-refractivity contribution in [2.24, 2.45) is 34.5 Å². The second kappa shape index (κ2) is 8.45. The predicted octanol–water partition coefficient (Wildman–Crippen LogP) is 3.61. The molecule has 0 amide bonds. The summed E-state index contributed by atoms with van der Waals surface area (Å²) < 4.78 is 17.0. The largest absolute Gasteiger partial charge is 0.465 e. The molecule has 4 saturated carbocycles. The smallest absolute Gasteiger partial charge is 0.302 e. The third kappa shape index (κ3) is 4.08. The molecule has 0 aliphatic heterocycles. The maximum Gasteiger partial charge on any atom is 0.302 e. The van der Waals surface area contributed by atoms with E-state index in [-0.39, 0.29) is 64.5 Å². The van der Waals surface area contributed by atoms with Crippen LogP contribution < -0.4 is 0 Å². The molecule has 4 aliphatic carbocycles. The van der Waals surface area contributed by atoms with Crippen molar-refractivity contribution in [3.8, 4) is 0 Å². The molecule has 0 unspecified atom stereocenters. The van der Waals surface area contributed by atoms with Crippen molar-refractivity contribution < 1.29 is 33.4 Å². The summed E-state index contributed by atoms with van der Waals surface area (Å²) in [6.07, 6.45) is 5.50. The van der Waals surface area contributed by atoms with Crippen LogP contribution in [-0.2, 0) is 33.4 Å². The third-order valence-corrected chi connectivity index (χ3v) is 9.17. The van der Waals surface area contributed by atoms with E-state index in [1.165, 1.54) is 20.8 Å². The first kappa shape index (κ1) is 23.2. The SMILES string of the molecule is CC(=O)OC[C@]12CC[C@H]3[C@@H](C[C@@H](OC(C)=O)[C@H]4CC(=O)CC[C@@]43C)[C@@H]1C[C@H](OC(C)=O)C2. The summed E-state index contributed by atoms with van der Waals surface area (Å²) in [5.41, 5.74) is -0.286. The van der Waals surface area contributed by atoms with Gasteiger partial charge >= 0.3 is 17.9 Å². The normalized spacial score (nSPS) is 42.8. The molecule has 4 aliphatic rings. The van der Waals surface area contributed by atoms with Gasteiger partial charge in [0.1, 0.15) is 18.0 Å². The lowest BCUT2D eigenvalue weighted by atomic mass is 9.44. The second-order valence-corrected chi connectivity index (χ2v) is 11.0. The first-order valence-corrected chi connectivity index (χ1v) is 12.0. The molecule has 178 valence electrons. The van der Waals surface area contributed by atoms with Gasteiger partial charge in [-0.3, -0.25) is 19.2 Å². The van der Waals surface area contributed by atoms with Gasteiger partial charge in [-0.25, -0.2) is 0 Å². The van der Waals surface area contributed by atoms with Crippen LogP contribution in [0.3, 0.4) is 0 Å². The number of carbonyl (C=O) groups is 4.